The molecule has 0 unspecified atom stereocenters. The van der Waals surface area contributed by atoms with Crippen molar-refractivity contribution in [3.8, 4) is 11.1 Å². The lowest BCUT2D eigenvalue weighted by molar-refractivity contribution is -0.361. The lowest BCUT2D eigenvalue weighted by Gasteiger charge is -2.04. The first-order valence-corrected chi connectivity index (χ1v) is 6.49. The van der Waals surface area contributed by atoms with E-state index < -0.39 is 0 Å². The van der Waals surface area contributed by atoms with Crippen molar-refractivity contribution in [1.29, 1.82) is 0 Å². The number of nitrogens with two attached hydrogens (primary N) is 2. The van der Waals surface area contributed by atoms with E-state index in [0.29, 0.717) is 18.0 Å². The maximum absolute atomic E-state index is 11.7. The number of esters is 1. The van der Waals surface area contributed by atoms with Gasteiger partial charge in [-0.25, -0.2) is 9.78 Å². The Morgan fingerprint density at radius 2 is 2.05 bits per heavy atom. The second kappa shape index (κ2) is 6.51. The number of nitrogens with one attached hydrogen (secondary N) is 1. The predicted octanol–water partition coefficient (Wildman–Crippen LogP) is 1.25. The number of benzene rings is 1. The third-order valence-electron chi connectivity index (χ3n) is 2.75. The molecule has 0 amide bonds. The standard InChI is InChI=1S/C15H16N4O2/c1-2-21-14(20)11-5-3-4-10(8-11)12-6-7-13(18-9-12)19-15(16)17/h3-9H,2H2,1H3,(H4,16,17,18,19)/p+1. The van der Waals surface area contributed by atoms with Crippen LogP contribution in [0.1, 0.15) is 17.3 Å². The van der Waals surface area contributed by atoms with Gasteiger partial charge in [-0.1, -0.05) is 12.1 Å². The van der Waals surface area contributed by atoms with Crippen LogP contribution in [0.2, 0.25) is 0 Å². The summed E-state index contributed by atoms with van der Waals surface area (Å²) in [5, 5.41) is 0. The van der Waals surface area contributed by atoms with E-state index in [1.54, 1.807) is 31.3 Å². The highest BCUT2D eigenvalue weighted by molar-refractivity contribution is 5.91. The SMILES string of the molecule is CCOC(=O)c1cccc(-c2ccc(N=C(N)N)[nH+]c2)c1. The van der Waals surface area contributed by atoms with Crippen molar-refractivity contribution >= 4 is 17.7 Å². The van der Waals surface area contributed by atoms with Gasteiger partial charge in [-0.3, -0.25) is 0 Å². The van der Waals surface area contributed by atoms with Crippen LogP contribution in [0, 0.1) is 0 Å². The Balaban J connectivity index is 2.28. The zero-order valence-corrected chi connectivity index (χ0v) is 11.7. The number of hydrogen-bond donors (Lipinski definition) is 2. The number of carbonyl (C=O) groups excluding carboxylic acids is 1. The molecule has 0 saturated heterocycles. The molecule has 5 N–H and O–H groups in total. The second-order valence-electron chi connectivity index (χ2n) is 4.30. The molecule has 1 aromatic heterocycles. The average Bonchev–Trinajstić information content (AvgIpc) is 2.48. The molecule has 2 rings (SSSR count). The fourth-order valence-corrected chi connectivity index (χ4v) is 1.84. The summed E-state index contributed by atoms with van der Waals surface area (Å²) >= 11 is 0. The Morgan fingerprint density at radius 1 is 1.24 bits per heavy atom. The zero-order valence-electron chi connectivity index (χ0n) is 11.7. The van der Waals surface area contributed by atoms with Crippen LogP contribution in [0.15, 0.2) is 47.6 Å². The average molecular weight is 285 g/mol. The monoisotopic (exact) mass is 285 g/mol. The van der Waals surface area contributed by atoms with Gasteiger partial charge in [0.2, 0.25) is 0 Å². The van der Waals surface area contributed by atoms with Crippen molar-refractivity contribution in [3.63, 3.8) is 0 Å². The molecule has 1 heterocycles. The second-order valence-corrected chi connectivity index (χ2v) is 4.30. The normalized spacial score (nSPS) is 9.95. The van der Waals surface area contributed by atoms with E-state index in [4.69, 9.17) is 16.2 Å². The molecule has 21 heavy (non-hydrogen) atoms. The van der Waals surface area contributed by atoms with Crippen molar-refractivity contribution < 1.29 is 14.5 Å². The highest BCUT2D eigenvalue weighted by atomic mass is 16.5. The third-order valence-corrected chi connectivity index (χ3v) is 2.75. The fraction of sp³-hybridized carbons (Fsp3) is 0.133. The summed E-state index contributed by atoms with van der Waals surface area (Å²) in [5.41, 5.74) is 12.9. The molecule has 0 aliphatic rings. The molecule has 6 nitrogen and oxygen atoms in total. The number of H-pyrrole nitrogens is 1. The van der Waals surface area contributed by atoms with E-state index in [0.717, 1.165) is 11.1 Å². The highest BCUT2D eigenvalue weighted by Gasteiger charge is 2.09. The first-order chi connectivity index (χ1) is 10.1. The lowest BCUT2D eigenvalue weighted by atomic mass is 10.0. The Hall–Kier alpha value is -2.89. The van der Waals surface area contributed by atoms with Crippen molar-refractivity contribution in [3.05, 3.63) is 48.2 Å². The van der Waals surface area contributed by atoms with Crippen LogP contribution in [0.5, 0.6) is 0 Å². The zero-order chi connectivity index (χ0) is 15.2. The number of hydrogen-bond acceptors (Lipinski definition) is 3. The Kier molecular flexibility index (Phi) is 4.50. The number of rotatable bonds is 4. The van der Waals surface area contributed by atoms with E-state index in [2.05, 4.69) is 9.98 Å². The number of aromatic amines is 1. The summed E-state index contributed by atoms with van der Waals surface area (Å²) in [5.74, 6) is 0.212. The largest absolute Gasteiger partial charge is 0.462 e. The number of aromatic nitrogens is 1. The predicted molar refractivity (Wildman–Crippen MR) is 79.9 cm³/mol. The molecule has 0 aliphatic heterocycles. The molecule has 0 saturated carbocycles. The minimum Gasteiger partial charge on any atom is -0.462 e. The van der Waals surface area contributed by atoms with Crippen molar-refractivity contribution in [2.75, 3.05) is 6.61 Å². The van der Waals surface area contributed by atoms with Gasteiger partial charge in [-0.05, 0) is 35.7 Å². The van der Waals surface area contributed by atoms with E-state index in [1.807, 2.05) is 18.2 Å². The van der Waals surface area contributed by atoms with Crippen molar-refractivity contribution in [2.24, 2.45) is 16.5 Å². The van der Waals surface area contributed by atoms with Crippen LogP contribution in [0.25, 0.3) is 11.1 Å². The molecule has 0 aliphatic carbocycles. The Morgan fingerprint density at radius 3 is 2.67 bits per heavy atom. The highest BCUT2D eigenvalue weighted by Crippen LogP contribution is 2.20. The lowest BCUT2D eigenvalue weighted by Crippen LogP contribution is -2.22. The summed E-state index contributed by atoms with van der Waals surface area (Å²) in [4.78, 5) is 18.6. The molecule has 0 bridgehead atoms. The number of guanidine groups is 1. The molecule has 0 fully saturated rings. The molecule has 1 aromatic carbocycles. The summed E-state index contributed by atoms with van der Waals surface area (Å²) in [6.45, 7) is 2.13. The van der Waals surface area contributed by atoms with Crippen LogP contribution in [0.4, 0.5) is 5.82 Å². The maximum atomic E-state index is 11.7. The Bertz CT molecular complexity index is 662. The van der Waals surface area contributed by atoms with Crippen LogP contribution in [-0.2, 0) is 4.74 Å². The summed E-state index contributed by atoms with van der Waals surface area (Å²) in [6, 6.07) is 10.8. The summed E-state index contributed by atoms with van der Waals surface area (Å²) in [7, 11) is 0. The van der Waals surface area contributed by atoms with Crippen molar-refractivity contribution in [2.45, 2.75) is 6.92 Å². The minimum absolute atomic E-state index is 0.0108. The van der Waals surface area contributed by atoms with Crippen LogP contribution in [-0.4, -0.2) is 18.5 Å². The fourth-order valence-electron chi connectivity index (χ4n) is 1.84. The first kappa shape index (κ1) is 14.5. The van der Waals surface area contributed by atoms with Gasteiger partial charge in [-0.15, -0.1) is 0 Å². The topological polar surface area (TPSA) is 105 Å². The molecule has 0 atom stereocenters. The van der Waals surface area contributed by atoms with E-state index in [1.165, 1.54) is 0 Å². The molecular weight excluding hydrogens is 268 g/mol. The number of nitrogens with zero attached hydrogens (tertiary/aromatic N) is 1. The Labute approximate surface area is 122 Å². The molecule has 0 spiro atoms. The van der Waals surface area contributed by atoms with Crippen molar-refractivity contribution in [1.82, 2.24) is 0 Å². The molecular formula is C15H17N4O2+. The van der Waals surface area contributed by atoms with Gasteiger partial charge in [0.15, 0.2) is 0 Å². The third kappa shape index (κ3) is 3.79. The molecule has 0 radical (unpaired) electrons. The number of ether oxygens (including phenoxy) is 1. The number of carbonyl (C=O) groups is 1. The van der Waals surface area contributed by atoms with Crippen LogP contribution < -0.4 is 16.5 Å². The van der Waals surface area contributed by atoms with Gasteiger partial charge in [0.25, 0.3) is 0 Å². The van der Waals surface area contributed by atoms with E-state index in [9.17, 15) is 4.79 Å². The smallest absolute Gasteiger partial charge is 0.338 e. The van der Waals surface area contributed by atoms with Crippen LogP contribution in [0.3, 0.4) is 0 Å². The van der Waals surface area contributed by atoms with Gasteiger partial charge in [-0.2, -0.15) is 0 Å². The quantitative estimate of drug-likeness (QED) is 0.501. The van der Waals surface area contributed by atoms with Gasteiger partial charge in [0.05, 0.1) is 18.4 Å². The number of pyridine rings is 1. The number of aliphatic imine (C=N–C) groups is 1. The van der Waals surface area contributed by atoms with Gasteiger partial charge in [0, 0.05) is 11.6 Å². The summed E-state index contributed by atoms with van der Waals surface area (Å²) in [6.07, 6.45) is 1.77. The van der Waals surface area contributed by atoms with Crippen LogP contribution >= 0.6 is 0 Å². The molecule has 108 valence electrons. The van der Waals surface area contributed by atoms with Gasteiger partial charge in [0.1, 0.15) is 0 Å². The summed E-state index contributed by atoms with van der Waals surface area (Å²) < 4.78 is 4.99. The maximum Gasteiger partial charge on any atom is 0.338 e. The minimum atomic E-state index is -0.333. The first-order valence-electron chi connectivity index (χ1n) is 6.49. The van der Waals surface area contributed by atoms with Gasteiger partial charge < -0.3 is 16.2 Å². The van der Waals surface area contributed by atoms with Gasteiger partial charge >= 0.3 is 17.7 Å². The molecule has 6 heteroatoms. The van der Waals surface area contributed by atoms with E-state index >= 15 is 0 Å². The van der Waals surface area contributed by atoms with E-state index in [-0.39, 0.29) is 11.9 Å². The molecule has 2 aromatic rings.